The molecule has 20 nitrogen and oxygen atoms in total. The molecule has 1 aromatic carbocycles. The van der Waals surface area contributed by atoms with Crippen LogP contribution in [0.1, 0.15) is 131 Å². The number of carbonyl (C=O) groups is 1. The SMILES string of the molecule is CC[C@H]1OC(=O)[C@H](C)[C@@H](O[C@H]2C[C@@](C)(OC)[C@@H](O)[C@H](C)O2)[C@H](C)[C@@H](O[C@@H]2O[C@H](C)C[C@H](N(C)CCc3cn([C@H](CF)[C@H](OC)c4ccc(S(=O)(=O)C5CC5)cc4)nn3)[C@H]2O)[C@](C)(O)C[C@@H](C)CN(C)[C@H](C)[C@@H](O)[C@]1(C)O. The summed E-state index contributed by atoms with van der Waals surface area (Å²) >= 11 is 0. The zero-order valence-corrected chi connectivity index (χ0v) is 48.0. The summed E-state index contributed by atoms with van der Waals surface area (Å²) in [4.78, 5) is 18.6. The zero-order valence-electron chi connectivity index (χ0n) is 47.2. The number of hydrogen-bond donors (Lipinski definition) is 5. The van der Waals surface area contributed by atoms with Crippen molar-refractivity contribution >= 4 is 15.8 Å². The maximum atomic E-state index is 14.9. The number of sulfone groups is 1. The summed E-state index contributed by atoms with van der Waals surface area (Å²) in [5.74, 6) is -2.94. The quantitative estimate of drug-likeness (QED) is 0.141. The molecule has 6 rings (SSSR count). The molecule has 4 aliphatic rings. The lowest BCUT2D eigenvalue weighted by molar-refractivity contribution is -0.318. The second-order valence-corrected chi connectivity index (χ2v) is 25.5. The van der Waals surface area contributed by atoms with E-state index in [4.69, 9.17) is 33.2 Å². The number of methoxy groups -OCH3 is 2. The number of likely N-dealkylation sites (N-methyl/N-ethyl adjacent to an activating group) is 2. The van der Waals surface area contributed by atoms with Crippen LogP contribution in [0, 0.1) is 17.8 Å². The molecule has 0 radical (unpaired) electrons. The number of halogens is 1. The van der Waals surface area contributed by atoms with E-state index in [2.05, 4.69) is 10.3 Å². The largest absolute Gasteiger partial charge is 0.459 e. The third-order valence-electron chi connectivity index (χ3n) is 17.0. The number of ether oxygens (including phenoxy) is 7. The Bertz CT molecular complexity index is 2290. The number of hydrogen-bond acceptors (Lipinski definition) is 19. The van der Waals surface area contributed by atoms with Gasteiger partial charge in [0.1, 0.15) is 48.8 Å². The standard InChI is InChI=1S/C54H90FN5O15S/c1-15-42-54(10,66)47(62)34(6)59(12)28-30(2)25-52(8,65)49(32(4)45(33(5)50(64)73-42)74-43-26-53(9,70-14)48(63)35(7)72-43)75-51-44(61)40(24-31(3)71-51)58(11)23-22-37-29-60(57-56-37)41(27-55)46(69-13)36-16-18-38(19-17-36)76(67,68)39-20-21-39/h16-19,29-35,39-49,51,61-63,65-66H,15,20-28H2,1-14H3/t30-,31-,32+,33-,34-,35+,40+,41-,42-,43+,44-,45+,46-,47-,48+,49-,51+,52-,53-,54-/m1/s1. The van der Waals surface area contributed by atoms with Gasteiger partial charge in [0, 0.05) is 64.3 Å². The molecule has 20 atom stereocenters. The van der Waals surface area contributed by atoms with Crippen LogP contribution in [-0.4, -0.2) is 208 Å². The molecule has 0 bridgehead atoms. The molecule has 434 valence electrons. The van der Waals surface area contributed by atoms with E-state index in [9.17, 15) is 43.1 Å². The van der Waals surface area contributed by atoms with E-state index in [-0.39, 0.29) is 35.3 Å². The number of benzene rings is 1. The topological polar surface area (TPSA) is 254 Å². The van der Waals surface area contributed by atoms with E-state index >= 15 is 0 Å². The smallest absolute Gasteiger partial charge is 0.311 e. The van der Waals surface area contributed by atoms with Crippen LogP contribution in [0.4, 0.5) is 4.39 Å². The Labute approximate surface area is 449 Å². The van der Waals surface area contributed by atoms with Gasteiger partial charge in [0.2, 0.25) is 0 Å². The highest BCUT2D eigenvalue weighted by Gasteiger charge is 2.53. The van der Waals surface area contributed by atoms with Crippen molar-refractivity contribution in [2.45, 2.75) is 227 Å². The van der Waals surface area contributed by atoms with Gasteiger partial charge < -0.3 is 68.5 Å². The highest BCUT2D eigenvalue weighted by atomic mass is 32.2. The van der Waals surface area contributed by atoms with E-state index < -0.39 is 137 Å². The van der Waals surface area contributed by atoms with Crippen LogP contribution in [0.2, 0.25) is 0 Å². The lowest BCUT2D eigenvalue weighted by atomic mass is 9.77. The zero-order chi connectivity index (χ0) is 56.4. The number of aliphatic hydroxyl groups excluding tert-OH is 3. The average molecular weight is 1100 g/mol. The Morgan fingerprint density at radius 1 is 0.961 bits per heavy atom. The van der Waals surface area contributed by atoms with Crippen molar-refractivity contribution in [3.8, 4) is 0 Å². The molecule has 76 heavy (non-hydrogen) atoms. The highest BCUT2D eigenvalue weighted by Crippen LogP contribution is 2.41. The second-order valence-electron chi connectivity index (χ2n) is 23.3. The van der Waals surface area contributed by atoms with Gasteiger partial charge in [0.15, 0.2) is 22.4 Å². The van der Waals surface area contributed by atoms with Crippen molar-refractivity contribution < 1.29 is 76.3 Å². The molecule has 1 aromatic heterocycles. The van der Waals surface area contributed by atoms with Gasteiger partial charge in [-0.25, -0.2) is 17.5 Å². The van der Waals surface area contributed by atoms with E-state index in [0.29, 0.717) is 50.0 Å². The number of nitrogens with zero attached hydrogens (tertiary/aromatic N) is 5. The Morgan fingerprint density at radius 3 is 2.21 bits per heavy atom. The van der Waals surface area contributed by atoms with Crippen LogP contribution < -0.4 is 0 Å². The minimum atomic E-state index is -3.40. The van der Waals surface area contributed by atoms with Crippen molar-refractivity contribution in [3.05, 3.63) is 41.7 Å². The average Bonchev–Trinajstić information content (AvgIpc) is 4.14. The summed E-state index contributed by atoms with van der Waals surface area (Å²) in [5, 5.41) is 68.1. The van der Waals surface area contributed by atoms with Gasteiger partial charge in [-0.1, -0.05) is 38.1 Å². The number of aliphatic hydroxyl groups is 5. The molecular formula is C54H90FN5O15S. The minimum Gasteiger partial charge on any atom is -0.459 e. The number of alkyl halides is 1. The number of aromatic nitrogens is 3. The van der Waals surface area contributed by atoms with Gasteiger partial charge in [-0.15, -0.1) is 5.10 Å². The van der Waals surface area contributed by atoms with Gasteiger partial charge in [0.25, 0.3) is 0 Å². The molecule has 4 fully saturated rings. The van der Waals surface area contributed by atoms with Crippen molar-refractivity contribution in [1.82, 2.24) is 24.8 Å². The van der Waals surface area contributed by atoms with Gasteiger partial charge in [-0.2, -0.15) is 0 Å². The predicted molar refractivity (Wildman–Crippen MR) is 278 cm³/mol. The molecule has 22 heteroatoms. The first-order chi connectivity index (χ1) is 35.5. The molecule has 1 aliphatic carbocycles. The third-order valence-corrected chi connectivity index (χ3v) is 19.3. The maximum absolute atomic E-state index is 14.9. The molecule has 0 amide bonds. The van der Waals surface area contributed by atoms with Gasteiger partial charge in [-0.05, 0) is 118 Å². The molecule has 5 N–H and O–H groups in total. The number of cyclic esters (lactones) is 1. The monoisotopic (exact) mass is 1100 g/mol. The van der Waals surface area contributed by atoms with Gasteiger partial charge >= 0.3 is 5.97 Å². The number of carbonyl (C=O) groups excluding carboxylic acids is 1. The first kappa shape index (κ1) is 62.4. The molecule has 4 heterocycles. The molecule has 0 unspecified atom stereocenters. The van der Waals surface area contributed by atoms with E-state index in [1.54, 1.807) is 66.8 Å². The summed E-state index contributed by atoms with van der Waals surface area (Å²) in [7, 11) is 3.22. The molecule has 1 saturated carbocycles. The van der Waals surface area contributed by atoms with Crippen molar-refractivity contribution in [1.29, 1.82) is 0 Å². The summed E-state index contributed by atoms with van der Waals surface area (Å²) < 4.78 is 85.9. The van der Waals surface area contributed by atoms with Crippen molar-refractivity contribution in [2.24, 2.45) is 17.8 Å². The van der Waals surface area contributed by atoms with E-state index in [1.807, 2.05) is 37.7 Å². The van der Waals surface area contributed by atoms with Crippen LogP contribution in [0.25, 0.3) is 0 Å². The first-order valence-electron chi connectivity index (χ1n) is 27.1. The normalized spacial score (nSPS) is 39.8. The Balaban J connectivity index is 1.25. The fourth-order valence-electron chi connectivity index (χ4n) is 11.9. The van der Waals surface area contributed by atoms with E-state index in [0.717, 1.165) is 0 Å². The minimum absolute atomic E-state index is 0.0720. The lowest BCUT2D eigenvalue weighted by Gasteiger charge is -2.49. The molecule has 3 saturated heterocycles. The van der Waals surface area contributed by atoms with Crippen molar-refractivity contribution in [2.75, 3.05) is 48.1 Å². The van der Waals surface area contributed by atoms with Gasteiger partial charge in [0.05, 0.1) is 57.4 Å². The fourth-order valence-corrected chi connectivity index (χ4v) is 13.6. The van der Waals surface area contributed by atoms with E-state index in [1.165, 1.54) is 38.0 Å². The predicted octanol–water partition coefficient (Wildman–Crippen LogP) is 3.94. The summed E-state index contributed by atoms with van der Waals surface area (Å²) in [5.41, 5.74) is -3.49. The van der Waals surface area contributed by atoms with Crippen LogP contribution in [0.5, 0.6) is 0 Å². The van der Waals surface area contributed by atoms with Crippen LogP contribution in [0.15, 0.2) is 35.4 Å². The molecule has 3 aliphatic heterocycles. The molecule has 0 spiro atoms. The van der Waals surface area contributed by atoms with Crippen LogP contribution >= 0.6 is 0 Å². The van der Waals surface area contributed by atoms with Crippen LogP contribution in [0.3, 0.4) is 0 Å². The highest BCUT2D eigenvalue weighted by molar-refractivity contribution is 7.92. The summed E-state index contributed by atoms with van der Waals surface area (Å²) in [6.45, 7) is 17.2. The Hall–Kier alpha value is -2.81. The third kappa shape index (κ3) is 13.8. The van der Waals surface area contributed by atoms with Crippen LogP contribution in [-0.2, 0) is 54.2 Å². The Kier molecular flexibility index (Phi) is 20.8. The first-order valence-corrected chi connectivity index (χ1v) is 28.7. The summed E-state index contributed by atoms with van der Waals surface area (Å²) in [6.07, 6.45) is -7.19. The lowest BCUT2D eigenvalue weighted by Crippen LogP contribution is -2.61. The van der Waals surface area contributed by atoms with Crippen molar-refractivity contribution in [3.63, 3.8) is 0 Å². The van der Waals surface area contributed by atoms with Gasteiger partial charge in [-0.3, -0.25) is 4.79 Å². The number of rotatable bonds is 17. The summed E-state index contributed by atoms with van der Waals surface area (Å²) in [6, 6.07) is 4.33. The molecule has 2 aromatic rings. The fraction of sp³-hybridized carbons (Fsp3) is 0.833. The number of esters is 1. The molecular weight excluding hydrogens is 1010 g/mol. The Morgan fingerprint density at radius 2 is 1.62 bits per heavy atom. The second kappa shape index (κ2) is 25.3. The maximum Gasteiger partial charge on any atom is 0.311 e.